The molecule has 0 nitrogen and oxygen atoms in total. The van der Waals surface area contributed by atoms with Crippen LogP contribution in [0.3, 0.4) is 0 Å². The normalized spacial score (nSPS) is 23.1. The van der Waals surface area contributed by atoms with Crippen LogP contribution in [0.2, 0.25) is 0 Å². The molecule has 17 heavy (non-hydrogen) atoms. The van der Waals surface area contributed by atoms with Crippen LogP contribution in [0.25, 0.3) is 0 Å². The van der Waals surface area contributed by atoms with Crippen LogP contribution in [0, 0.1) is 0 Å². The van der Waals surface area contributed by atoms with Crippen molar-refractivity contribution in [2.75, 3.05) is 0 Å². The van der Waals surface area contributed by atoms with Gasteiger partial charge in [-0.05, 0) is 48.6 Å². The van der Waals surface area contributed by atoms with Gasteiger partial charge in [-0.15, -0.1) is 0 Å². The first-order valence-electron chi connectivity index (χ1n) is 7.54. The SMILES string of the molecule is c1ccc(C2CCCC2)c(C2CCCCC2)c1. The highest BCUT2D eigenvalue weighted by molar-refractivity contribution is 5.34. The standard InChI is InChI=1S/C17H24/c1-2-8-14(9-3-1)16-12-6-7-13-17(16)15-10-4-5-11-15/h6-7,12-15H,1-5,8-11H2. The summed E-state index contributed by atoms with van der Waals surface area (Å²) in [4.78, 5) is 0. The lowest BCUT2D eigenvalue weighted by molar-refractivity contribution is 0.439. The van der Waals surface area contributed by atoms with Crippen molar-refractivity contribution in [3.63, 3.8) is 0 Å². The maximum atomic E-state index is 2.42. The minimum Gasteiger partial charge on any atom is -0.0620 e. The maximum Gasteiger partial charge on any atom is -0.0159 e. The van der Waals surface area contributed by atoms with Gasteiger partial charge in [-0.1, -0.05) is 56.4 Å². The Bertz CT molecular complexity index is 354. The molecule has 0 saturated heterocycles. The van der Waals surface area contributed by atoms with Crippen LogP contribution in [0.15, 0.2) is 24.3 Å². The van der Waals surface area contributed by atoms with Gasteiger partial charge in [0.2, 0.25) is 0 Å². The van der Waals surface area contributed by atoms with E-state index in [1.165, 1.54) is 57.8 Å². The Morgan fingerprint density at radius 3 is 1.47 bits per heavy atom. The van der Waals surface area contributed by atoms with Gasteiger partial charge in [-0.3, -0.25) is 0 Å². The van der Waals surface area contributed by atoms with Crippen molar-refractivity contribution in [2.45, 2.75) is 69.6 Å². The molecule has 0 radical (unpaired) electrons. The van der Waals surface area contributed by atoms with E-state index in [-0.39, 0.29) is 0 Å². The van der Waals surface area contributed by atoms with E-state index in [4.69, 9.17) is 0 Å². The molecule has 0 aromatic heterocycles. The summed E-state index contributed by atoms with van der Waals surface area (Å²) in [5, 5.41) is 0. The Morgan fingerprint density at radius 1 is 0.588 bits per heavy atom. The van der Waals surface area contributed by atoms with Crippen molar-refractivity contribution in [3.8, 4) is 0 Å². The van der Waals surface area contributed by atoms with Crippen LogP contribution in [0.1, 0.15) is 80.8 Å². The smallest absolute Gasteiger partial charge is 0.0159 e. The lowest BCUT2D eigenvalue weighted by Crippen LogP contribution is -2.08. The number of rotatable bonds is 2. The molecule has 0 atom stereocenters. The third kappa shape index (κ3) is 2.41. The highest BCUT2D eigenvalue weighted by Gasteiger charge is 2.24. The summed E-state index contributed by atoms with van der Waals surface area (Å²) in [6.07, 6.45) is 13.0. The summed E-state index contributed by atoms with van der Waals surface area (Å²) in [5.41, 5.74) is 3.41. The van der Waals surface area contributed by atoms with Gasteiger partial charge >= 0.3 is 0 Å². The summed E-state index contributed by atoms with van der Waals surface area (Å²) in [6.45, 7) is 0. The molecule has 0 spiro atoms. The Kier molecular flexibility index (Phi) is 3.49. The van der Waals surface area contributed by atoms with Gasteiger partial charge in [0, 0.05) is 0 Å². The Hall–Kier alpha value is -0.780. The summed E-state index contributed by atoms with van der Waals surface area (Å²) in [5.74, 6) is 1.76. The predicted octanol–water partition coefficient (Wildman–Crippen LogP) is 5.39. The zero-order chi connectivity index (χ0) is 11.5. The van der Waals surface area contributed by atoms with Crippen LogP contribution in [-0.4, -0.2) is 0 Å². The molecule has 2 saturated carbocycles. The zero-order valence-corrected chi connectivity index (χ0v) is 10.8. The quantitative estimate of drug-likeness (QED) is 0.636. The van der Waals surface area contributed by atoms with Gasteiger partial charge in [-0.2, -0.15) is 0 Å². The molecular weight excluding hydrogens is 204 g/mol. The van der Waals surface area contributed by atoms with Gasteiger partial charge in [-0.25, -0.2) is 0 Å². The van der Waals surface area contributed by atoms with Crippen LogP contribution < -0.4 is 0 Å². The minimum atomic E-state index is 0.876. The molecule has 2 aliphatic carbocycles. The fraction of sp³-hybridized carbons (Fsp3) is 0.647. The first-order valence-corrected chi connectivity index (χ1v) is 7.54. The lowest BCUT2D eigenvalue weighted by Gasteiger charge is -2.26. The molecule has 0 heterocycles. The molecule has 3 rings (SSSR count). The van der Waals surface area contributed by atoms with Crippen LogP contribution in [-0.2, 0) is 0 Å². The van der Waals surface area contributed by atoms with Gasteiger partial charge in [0.25, 0.3) is 0 Å². The second-order valence-electron chi connectivity index (χ2n) is 5.95. The van der Waals surface area contributed by atoms with Crippen molar-refractivity contribution in [3.05, 3.63) is 35.4 Å². The van der Waals surface area contributed by atoms with Gasteiger partial charge in [0.15, 0.2) is 0 Å². The minimum absolute atomic E-state index is 0.876. The van der Waals surface area contributed by atoms with E-state index in [0.717, 1.165) is 11.8 Å². The summed E-state index contributed by atoms with van der Waals surface area (Å²) in [7, 11) is 0. The molecule has 0 N–H and O–H groups in total. The van der Waals surface area contributed by atoms with E-state index in [1.807, 2.05) is 0 Å². The Balaban J connectivity index is 1.86. The van der Waals surface area contributed by atoms with Gasteiger partial charge in [0.1, 0.15) is 0 Å². The van der Waals surface area contributed by atoms with E-state index >= 15 is 0 Å². The maximum absolute atomic E-state index is 2.42. The molecule has 2 fully saturated rings. The first-order chi connectivity index (χ1) is 8.45. The van der Waals surface area contributed by atoms with Crippen molar-refractivity contribution >= 4 is 0 Å². The average Bonchev–Trinajstić information content (AvgIpc) is 2.94. The molecule has 0 bridgehead atoms. The largest absolute Gasteiger partial charge is 0.0620 e. The van der Waals surface area contributed by atoms with Gasteiger partial charge < -0.3 is 0 Å². The van der Waals surface area contributed by atoms with E-state index in [9.17, 15) is 0 Å². The third-order valence-corrected chi connectivity index (χ3v) is 4.84. The monoisotopic (exact) mass is 228 g/mol. The fourth-order valence-corrected chi connectivity index (χ4v) is 3.90. The summed E-state index contributed by atoms with van der Waals surface area (Å²) in [6, 6.07) is 9.34. The molecule has 2 aliphatic rings. The van der Waals surface area contributed by atoms with E-state index in [0.29, 0.717) is 0 Å². The summed E-state index contributed by atoms with van der Waals surface area (Å²) >= 11 is 0. The second kappa shape index (κ2) is 5.25. The zero-order valence-electron chi connectivity index (χ0n) is 10.8. The van der Waals surface area contributed by atoms with Crippen molar-refractivity contribution in [1.29, 1.82) is 0 Å². The highest BCUT2D eigenvalue weighted by atomic mass is 14.3. The predicted molar refractivity (Wildman–Crippen MR) is 73.5 cm³/mol. The molecule has 1 aromatic rings. The van der Waals surface area contributed by atoms with E-state index in [1.54, 1.807) is 11.1 Å². The van der Waals surface area contributed by atoms with Gasteiger partial charge in [0.05, 0.1) is 0 Å². The van der Waals surface area contributed by atoms with Crippen molar-refractivity contribution in [2.24, 2.45) is 0 Å². The number of hydrogen-bond acceptors (Lipinski definition) is 0. The Morgan fingerprint density at radius 2 is 1.00 bits per heavy atom. The Labute approximate surface area is 105 Å². The molecule has 0 heteroatoms. The number of hydrogen-bond donors (Lipinski definition) is 0. The van der Waals surface area contributed by atoms with Crippen LogP contribution in [0.5, 0.6) is 0 Å². The molecule has 0 unspecified atom stereocenters. The topological polar surface area (TPSA) is 0 Å². The second-order valence-corrected chi connectivity index (χ2v) is 5.95. The molecule has 0 amide bonds. The third-order valence-electron chi connectivity index (χ3n) is 4.84. The molecule has 0 aliphatic heterocycles. The number of benzene rings is 1. The molecule has 1 aromatic carbocycles. The van der Waals surface area contributed by atoms with Crippen LogP contribution in [0.4, 0.5) is 0 Å². The van der Waals surface area contributed by atoms with E-state index in [2.05, 4.69) is 24.3 Å². The van der Waals surface area contributed by atoms with E-state index < -0.39 is 0 Å². The van der Waals surface area contributed by atoms with Crippen LogP contribution >= 0.6 is 0 Å². The van der Waals surface area contributed by atoms with Crippen molar-refractivity contribution < 1.29 is 0 Å². The van der Waals surface area contributed by atoms with Crippen molar-refractivity contribution in [1.82, 2.24) is 0 Å². The lowest BCUT2D eigenvalue weighted by atomic mass is 9.79. The molecular formula is C17H24. The summed E-state index contributed by atoms with van der Waals surface area (Å²) < 4.78 is 0. The molecule has 92 valence electrons. The highest BCUT2D eigenvalue weighted by Crippen LogP contribution is 2.41. The average molecular weight is 228 g/mol. The fourth-order valence-electron chi connectivity index (χ4n) is 3.90. The first kappa shape index (κ1) is 11.3.